The molecule has 1 aliphatic rings. The summed E-state index contributed by atoms with van der Waals surface area (Å²) >= 11 is 0. The van der Waals surface area contributed by atoms with Crippen molar-refractivity contribution < 1.29 is 9.47 Å². The second-order valence-electron chi connectivity index (χ2n) is 4.61. The van der Waals surface area contributed by atoms with Crippen molar-refractivity contribution in [3.05, 3.63) is 24.3 Å². The van der Waals surface area contributed by atoms with Crippen LogP contribution in [0.25, 0.3) is 11.0 Å². The maximum Gasteiger partial charge on any atom is 0.279 e. The van der Waals surface area contributed by atoms with Crippen molar-refractivity contribution in [2.45, 2.75) is 18.9 Å². The molecule has 1 fully saturated rings. The number of halogens is 1. The number of piperidine rings is 1. The first-order valence-corrected chi connectivity index (χ1v) is 6.55. The van der Waals surface area contributed by atoms with E-state index < -0.39 is 0 Å². The largest absolute Gasteiger partial charge is 0.477 e. The van der Waals surface area contributed by atoms with E-state index >= 15 is 0 Å². The van der Waals surface area contributed by atoms with Gasteiger partial charge in [0.25, 0.3) is 11.8 Å². The minimum absolute atomic E-state index is 0. The van der Waals surface area contributed by atoms with Gasteiger partial charge in [-0.2, -0.15) is 0 Å². The predicted molar refractivity (Wildman–Crippen MR) is 79.9 cm³/mol. The van der Waals surface area contributed by atoms with Gasteiger partial charge in [0.1, 0.15) is 6.10 Å². The van der Waals surface area contributed by atoms with Crippen molar-refractivity contribution in [1.82, 2.24) is 15.3 Å². The quantitative estimate of drug-likeness (QED) is 0.941. The molecule has 0 saturated carbocycles. The molecule has 1 N–H and O–H groups in total. The maximum absolute atomic E-state index is 5.92. The highest BCUT2D eigenvalue weighted by molar-refractivity contribution is 5.85. The molecule has 6 heteroatoms. The Labute approximate surface area is 124 Å². The number of ether oxygens (including phenoxy) is 2. The van der Waals surface area contributed by atoms with E-state index in [0.29, 0.717) is 11.8 Å². The van der Waals surface area contributed by atoms with Gasteiger partial charge < -0.3 is 14.8 Å². The summed E-state index contributed by atoms with van der Waals surface area (Å²) < 4.78 is 11.2. The predicted octanol–water partition coefficient (Wildman–Crippen LogP) is 2.19. The van der Waals surface area contributed by atoms with Crippen LogP contribution in [-0.4, -0.2) is 36.3 Å². The van der Waals surface area contributed by atoms with E-state index in [1.807, 2.05) is 24.3 Å². The zero-order valence-electron chi connectivity index (χ0n) is 11.3. The number of nitrogens with zero attached hydrogens (tertiary/aromatic N) is 2. The van der Waals surface area contributed by atoms with Gasteiger partial charge in [0.05, 0.1) is 18.1 Å². The third-order valence-corrected chi connectivity index (χ3v) is 3.23. The third-order valence-electron chi connectivity index (χ3n) is 3.23. The van der Waals surface area contributed by atoms with Crippen LogP contribution >= 0.6 is 12.4 Å². The Hall–Kier alpha value is -1.59. The van der Waals surface area contributed by atoms with Crippen LogP contribution in [0.1, 0.15) is 12.8 Å². The fourth-order valence-corrected chi connectivity index (χ4v) is 2.26. The first kappa shape index (κ1) is 14.8. The lowest BCUT2D eigenvalue weighted by Gasteiger charge is -2.23. The molecule has 0 unspecified atom stereocenters. The molecule has 0 radical (unpaired) electrons. The number of rotatable bonds is 3. The minimum atomic E-state index is 0. The first-order chi connectivity index (χ1) is 9.36. The van der Waals surface area contributed by atoms with Crippen molar-refractivity contribution in [2.24, 2.45) is 0 Å². The summed E-state index contributed by atoms with van der Waals surface area (Å²) in [5, 5.41) is 3.32. The first-order valence-electron chi connectivity index (χ1n) is 6.55. The highest BCUT2D eigenvalue weighted by atomic mass is 35.5. The van der Waals surface area contributed by atoms with Crippen LogP contribution in [-0.2, 0) is 0 Å². The number of fused-ring (bicyclic) bond motifs is 1. The number of benzene rings is 1. The van der Waals surface area contributed by atoms with Gasteiger partial charge in [0.2, 0.25) is 0 Å². The Morgan fingerprint density at radius 1 is 1.15 bits per heavy atom. The molecule has 3 rings (SSSR count). The van der Waals surface area contributed by atoms with Crippen LogP contribution in [0.4, 0.5) is 0 Å². The van der Waals surface area contributed by atoms with Gasteiger partial charge in [0.15, 0.2) is 0 Å². The topological polar surface area (TPSA) is 56.3 Å². The number of nitrogens with one attached hydrogen (secondary N) is 1. The average Bonchev–Trinajstić information content (AvgIpc) is 2.47. The fraction of sp³-hybridized carbons (Fsp3) is 0.429. The van der Waals surface area contributed by atoms with Gasteiger partial charge in [-0.1, -0.05) is 12.1 Å². The Morgan fingerprint density at radius 3 is 2.45 bits per heavy atom. The number of methoxy groups -OCH3 is 1. The number of aromatic nitrogens is 2. The lowest BCUT2D eigenvalue weighted by atomic mass is 10.1. The molecule has 5 nitrogen and oxygen atoms in total. The molecule has 1 saturated heterocycles. The Bertz CT molecular complexity index is 573. The molecule has 0 bridgehead atoms. The van der Waals surface area contributed by atoms with E-state index in [1.165, 1.54) is 0 Å². The van der Waals surface area contributed by atoms with Gasteiger partial charge in [-0.3, -0.25) is 0 Å². The molecule has 0 aliphatic carbocycles. The molecular weight excluding hydrogens is 278 g/mol. The molecule has 20 heavy (non-hydrogen) atoms. The summed E-state index contributed by atoms with van der Waals surface area (Å²) in [6.45, 7) is 1.90. The zero-order valence-corrected chi connectivity index (χ0v) is 12.2. The summed E-state index contributed by atoms with van der Waals surface area (Å²) in [6, 6.07) is 7.71. The van der Waals surface area contributed by atoms with Crippen molar-refractivity contribution >= 4 is 23.4 Å². The molecule has 1 aliphatic heterocycles. The summed E-state index contributed by atoms with van der Waals surface area (Å²) in [5.74, 6) is 0.930. The smallest absolute Gasteiger partial charge is 0.279 e. The molecule has 108 valence electrons. The summed E-state index contributed by atoms with van der Waals surface area (Å²) in [5.41, 5.74) is 1.63. The highest BCUT2D eigenvalue weighted by Crippen LogP contribution is 2.26. The molecule has 0 amide bonds. The molecular formula is C14H18ClN3O2. The van der Waals surface area contributed by atoms with E-state index in [4.69, 9.17) is 9.47 Å². The van der Waals surface area contributed by atoms with Crippen LogP contribution in [0.2, 0.25) is 0 Å². The summed E-state index contributed by atoms with van der Waals surface area (Å²) in [6.07, 6.45) is 2.29. The zero-order chi connectivity index (χ0) is 13.1. The third kappa shape index (κ3) is 3.11. The van der Waals surface area contributed by atoms with Gasteiger partial charge in [-0.25, -0.2) is 9.97 Å². The Kier molecular flexibility index (Phi) is 4.98. The van der Waals surface area contributed by atoms with Crippen molar-refractivity contribution in [2.75, 3.05) is 20.2 Å². The summed E-state index contributed by atoms with van der Waals surface area (Å²) in [4.78, 5) is 8.93. The van der Waals surface area contributed by atoms with Crippen molar-refractivity contribution in [3.63, 3.8) is 0 Å². The highest BCUT2D eigenvalue weighted by Gasteiger charge is 2.18. The van der Waals surface area contributed by atoms with Crippen LogP contribution in [0.5, 0.6) is 11.8 Å². The molecule has 1 atom stereocenters. The van der Waals surface area contributed by atoms with Crippen LogP contribution in [0.15, 0.2) is 24.3 Å². The lowest BCUT2D eigenvalue weighted by Crippen LogP contribution is -2.37. The standard InChI is InChI=1S/C14H17N3O2.ClH/c1-18-13-14(19-10-5-4-8-15-9-10)17-12-7-3-2-6-11(12)16-13;/h2-3,6-7,10,15H,4-5,8-9H2,1H3;1H/t10-;/m0./s1. The van der Waals surface area contributed by atoms with Gasteiger partial charge in [-0.05, 0) is 31.5 Å². The number of para-hydroxylation sites is 2. The summed E-state index contributed by atoms with van der Waals surface area (Å²) in [7, 11) is 1.59. The SMILES string of the molecule is COc1nc2ccccc2nc1O[C@H]1CCCNC1.Cl. The van der Waals surface area contributed by atoms with E-state index in [0.717, 1.165) is 37.0 Å². The monoisotopic (exact) mass is 295 g/mol. The normalized spacial score (nSPS) is 18.4. The molecule has 1 aromatic carbocycles. The van der Waals surface area contributed by atoms with E-state index in [1.54, 1.807) is 7.11 Å². The van der Waals surface area contributed by atoms with Crippen molar-refractivity contribution in [3.8, 4) is 11.8 Å². The Balaban J connectivity index is 0.00000147. The Morgan fingerprint density at radius 2 is 1.85 bits per heavy atom. The van der Waals surface area contributed by atoms with Gasteiger partial charge >= 0.3 is 0 Å². The van der Waals surface area contributed by atoms with Crippen molar-refractivity contribution in [1.29, 1.82) is 0 Å². The van der Waals surface area contributed by atoms with E-state index in [9.17, 15) is 0 Å². The van der Waals surface area contributed by atoms with Crippen LogP contribution in [0.3, 0.4) is 0 Å². The fourth-order valence-electron chi connectivity index (χ4n) is 2.26. The molecule has 2 aromatic rings. The number of hydrogen-bond acceptors (Lipinski definition) is 5. The second-order valence-corrected chi connectivity index (χ2v) is 4.61. The minimum Gasteiger partial charge on any atom is -0.477 e. The second kappa shape index (κ2) is 6.72. The van der Waals surface area contributed by atoms with Gasteiger partial charge in [-0.15, -0.1) is 12.4 Å². The molecule has 1 aromatic heterocycles. The number of hydrogen-bond donors (Lipinski definition) is 1. The van der Waals surface area contributed by atoms with E-state index in [2.05, 4.69) is 15.3 Å². The average molecular weight is 296 g/mol. The molecule has 0 spiro atoms. The van der Waals surface area contributed by atoms with Crippen LogP contribution in [0, 0.1) is 0 Å². The molecule has 2 heterocycles. The maximum atomic E-state index is 5.92. The lowest BCUT2D eigenvalue weighted by molar-refractivity contribution is 0.153. The van der Waals surface area contributed by atoms with E-state index in [-0.39, 0.29) is 18.5 Å². The van der Waals surface area contributed by atoms with Gasteiger partial charge in [0, 0.05) is 6.54 Å². The van der Waals surface area contributed by atoms with Crippen LogP contribution < -0.4 is 14.8 Å².